The Morgan fingerprint density at radius 2 is 2.09 bits per heavy atom. The molecule has 0 fully saturated rings. The van der Waals surface area contributed by atoms with E-state index in [4.69, 9.17) is 0 Å². The van der Waals surface area contributed by atoms with E-state index in [-0.39, 0.29) is 6.03 Å². The van der Waals surface area contributed by atoms with Crippen molar-refractivity contribution in [2.45, 2.75) is 6.54 Å². The Labute approximate surface area is 133 Å². The Bertz CT molecular complexity index is 799. The van der Waals surface area contributed by atoms with E-state index in [1.54, 1.807) is 41.6 Å². The van der Waals surface area contributed by atoms with Gasteiger partial charge >= 0.3 is 6.03 Å². The molecule has 116 valence electrons. The van der Waals surface area contributed by atoms with E-state index in [1.807, 2.05) is 25.4 Å². The number of pyridine rings is 2. The summed E-state index contributed by atoms with van der Waals surface area (Å²) in [4.78, 5) is 20.3. The molecule has 3 heterocycles. The second-order valence-corrected chi connectivity index (χ2v) is 4.96. The summed E-state index contributed by atoms with van der Waals surface area (Å²) in [6.45, 7) is 0.365. The Hall–Kier alpha value is -3.22. The van der Waals surface area contributed by atoms with Gasteiger partial charge in [0, 0.05) is 37.7 Å². The van der Waals surface area contributed by atoms with Crippen molar-refractivity contribution in [3.8, 4) is 11.3 Å². The van der Waals surface area contributed by atoms with Crippen LogP contribution in [0.1, 0.15) is 5.56 Å². The van der Waals surface area contributed by atoms with Gasteiger partial charge in [-0.3, -0.25) is 14.6 Å². The molecule has 0 spiro atoms. The molecule has 2 N–H and O–H groups in total. The Morgan fingerprint density at radius 1 is 1.22 bits per heavy atom. The zero-order chi connectivity index (χ0) is 16.1. The normalized spacial score (nSPS) is 10.3. The van der Waals surface area contributed by atoms with E-state index in [0.717, 1.165) is 16.8 Å². The third-order valence-electron chi connectivity index (χ3n) is 3.23. The summed E-state index contributed by atoms with van der Waals surface area (Å²) in [6.07, 6.45) is 8.61. The van der Waals surface area contributed by atoms with Gasteiger partial charge in [0.2, 0.25) is 0 Å². The Morgan fingerprint density at radius 3 is 2.83 bits per heavy atom. The second kappa shape index (κ2) is 6.69. The van der Waals surface area contributed by atoms with Crippen LogP contribution in [0.3, 0.4) is 0 Å². The van der Waals surface area contributed by atoms with Crippen LogP contribution in [0.5, 0.6) is 0 Å². The van der Waals surface area contributed by atoms with Gasteiger partial charge in [-0.2, -0.15) is 5.10 Å². The SMILES string of the molecule is Cn1cc(-c2ncccc2CNC(=O)Nc2cccnc2)cn1. The molecule has 0 atom stereocenters. The highest BCUT2D eigenvalue weighted by Crippen LogP contribution is 2.20. The van der Waals surface area contributed by atoms with E-state index in [9.17, 15) is 4.79 Å². The molecule has 3 rings (SSSR count). The first kappa shape index (κ1) is 14.7. The quantitative estimate of drug-likeness (QED) is 0.774. The lowest BCUT2D eigenvalue weighted by atomic mass is 10.1. The minimum atomic E-state index is -0.293. The summed E-state index contributed by atoms with van der Waals surface area (Å²) in [7, 11) is 1.85. The van der Waals surface area contributed by atoms with E-state index >= 15 is 0 Å². The monoisotopic (exact) mass is 308 g/mol. The number of hydrogen-bond donors (Lipinski definition) is 2. The van der Waals surface area contributed by atoms with Crippen LogP contribution < -0.4 is 10.6 Å². The number of nitrogens with one attached hydrogen (secondary N) is 2. The fraction of sp³-hybridized carbons (Fsp3) is 0.125. The first-order valence-electron chi connectivity index (χ1n) is 7.10. The number of urea groups is 1. The summed E-state index contributed by atoms with van der Waals surface area (Å²) in [5, 5.41) is 9.70. The Kier molecular flexibility index (Phi) is 4.28. The van der Waals surface area contributed by atoms with Gasteiger partial charge in [0.25, 0.3) is 0 Å². The molecular weight excluding hydrogens is 292 g/mol. The van der Waals surface area contributed by atoms with Gasteiger partial charge in [-0.05, 0) is 23.8 Å². The number of hydrogen-bond acceptors (Lipinski definition) is 4. The van der Waals surface area contributed by atoms with Gasteiger partial charge in [0.1, 0.15) is 0 Å². The topological polar surface area (TPSA) is 84.7 Å². The third kappa shape index (κ3) is 3.70. The molecule has 0 unspecified atom stereocenters. The van der Waals surface area contributed by atoms with Crippen molar-refractivity contribution in [1.29, 1.82) is 0 Å². The predicted molar refractivity (Wildman–Crippen MR) is 86.5 cm³/mol. The van der Waals surface area contributed by atoms with Crippen molar-refractivity contribution in [2.24, 2.45) is 7.05 Å². The van der Waals surface area contributed by atoms with Crippen LogP contribution in [0.15, 0.2) is 55.2 Å². The molecule has 0 aromatic carbocycles. The number of rotatable bonds is 4. The number of aromatic nitrogens is 4. The molecular formula is C16H16N6O. The number of carbonyl (C=O) groups excluding carboxylic acids is 1. The molecule has 0 aliphatic heterocycles. The molecule has 23 heavy (non-hydrogen) atoms. The summed E-state index contributed by atoms with van der Waals surface area (Å²) in [5.74, 6) is 0. The van der Waals surface area contributed by atoms with Crippen LogP contribution in [-0.2, 0) is 13.6 Å². The van der Waals surface area contributed by atoms with Gasteiger partial charge < -0.3 is 10.6 Å². The van der Waals surface area contributed by atoms with Gasteiger partial charge in [-0.1, -0.05) is 6.07 Å². The fourth-order valence-corrected chi connectivity index (χ4v) is 2.17. The summed E-state index contributed by atoms with van der Waals surface area (Å²) in [5.41, 5.74) is 3.28. The van der Waals surface area contributed by atoms with E-state index in [2.05, 4.69) is 25.7 Å². The van der Waals surface area contributed by atoms with Crippen LogP contribution in [-0.4, -0.2) is 25.8 Å². The molecule has 0 bridgehead atoms. The van der Waals surface area contributed by atoms with Crippen molar-refractivity contribution < 1.29 is 4.79 Å². The number of aryl methyl sites for hydroxylation is 1. The molecule has 2 amide bonds. The minimum absolute atomic E-state index is 0.293. The van der Waals surface area contributed by atoms with Crippen molar-refractivity contribution in [2.75, 3.05) is 5.32 Å². The molecule has 0 radical (unpaired) electrons. The lowest BCUT2D eigenvalue weighted by Gasteiger charge is -2.09. The molecule has 0 saturated heterocycles. The van der Waals surface area contributed by atoms with Crippen LogP contribution in [0.4, 0.5) is 10.5 Å². The molecule has 0 aliphatic carbocycles. The van der Waals surface area contributed by atoms with Crippen molar-refractivity contribution in [3.63, 3.8) is 0 Å². The minimum Gasteiger partial charge on any atom is -0.334 e. The van der Waals surface area contributed by atoms with Gasteiger partial charge in [0.05, 0.1) is 23.8 Å². The maximum atomic E-state index is 12.0. The van der Waals surface area contributed by atoms with E-state index in [1.165, 1.54) is 0 Å². The van der Waals surface area contributed by atoms with E-state index in [0.29, 0.717) is 12.2 Å². The maximum Gasteiger partial charge on any atom is 0.319 e. The predicted octanol–water partition coefficient (Wildman–Crippen LogP) is 2.20. The van der Waals surface area contributed by atoms with Crippen LogP contribution >= 0.6 is 0 Å². The fourth-order valence-electron chi connectivity index (χ4n) is 2.17. The average molecular weight is 308 g/mol. The number of anilines is 1. The molecule has 7 nitrogen and oxygen atoms in total. The third-order valence-corrected chi connectivity index (χ3v) is 3.23. The molecule has 7 heteroatoms. The zero-order valence-electron chi connectivity index (χ0n) is 12.6. The first-order chi connectivity index (χ1) is 11.2. The van der Waals surface area contributed by atoms with Gasteiger partial charge in [0.15, 0.2) is 0 Å². The molecule has 3 aromatic heterocycles. The second-order valence-electron chi connectivity index (χ2n) is 4.96. The highest BCUT2D eigenvalue weighted by atomic mass is 16.2. The van der Waals surface area contributed by atoms with Crippen LogP contribution in [0.2, 0.25) is 0 Å². The Balaban J connectivity index is 1.68. The van der Waals surface area contributed by atoms with Crippen LogP contribution in [0.25, 0.3) is 11.3 Å². The van der Waals surface area contributed by atoms with Crippen molar-refractivity contribution in [3.05, 3.63) is 60.8 Å². The molecule has 0 aliphatic rings. The van der Waals surface area contributed by atoms with E-state index < -0.39 is 0 Å². The lowest BCUT2D eigenvalue weighted by molar-refractivity contribution is 0.251. The van der Waals surface area contributed by atoms with Crippen molar-refractivity contribution in [1.82, 2.24) is 25.1 Å². The van der Waals surface area contributed by atoms with Crippen molar-refractivity contribution >= 4 is 11.7 Å². The number of nitrogens with zero attached hydrogens (tertiary/aromatic N) is 4. The highest BCUT2D eigenvalue weighted by molar-refractivity contribution is 5.89. The number of carbonyl (C=O) groups is 1. The molecule has 0 saturated carbocycles. The number of amides is 2. The summed E-state index contributed by atoms with van der Waals surface area (Å²) in [6, 6.07) is 7.02. The zero-order valence-corrected chi connectivity index (χ0v) is 12.6. The maximum absolute atomic E-state index is 12.0. The highest BCUT2D eigenvalue weighted by Gasteiger charge is 2.09. The summed E-state index contributed by atoms with van der Waals surface area (Å²) < 4.78 is 1.72. The first-order valence-corrected chi connectivity index (χ1v) is 7.10. The van der Waals surface area contributed by atoms with Gasteiger partial charge in [-0.15, -0.1) is 0 Å². The smallest absolute Gasteiger partial charge is 0.319 e. The largest absolute Gasteiger partial charge is 0.334 e. The lowest BCUT2D eigenvalue weighted by Crippen LogP contribution is -2.28. The van der Waals surface area contributed by atoms with Crippen LogP contribution in [0, 0.1) is 0 Å². The average Bonchev–Trinajstić information content (AvgIpc) is 3.00. The standard InChI is InChI=1S/C16H16N6O/c1-22-11-13(9-20-22)15-12(4-2-7-18-15)8-19-16(23)21-14-5-3-6-17-10-14/h2-7,9-11H,8H2,1H3,(H2,19,21,23). The molecule has 3 aromatic rings. The van der Waals surface area contributed by atoms with Gasteiger partial charge in [-0.25, -0.2) is 4.79 Å². The summed E-state index contributed by atoms with van der Waals surface area (Å²) >= 11 is 0.